The van der Waals surface area contributed by atoms with Crippen molar-refractivity contribution in [1.29, 1.82) is 5.26 Å². The third-order valence-electron chi connectivity index (χ3n) is 8.06. The number of ether oxygens (including phenoxy) is 2. The van der Waals surface area contributed by atoms with Gasteiger partial charge in [-0.15, -0.1) is 0 Å². The van der Waals surface area contributed by atoms with Crippen LogP contribution in [0.2, 0.25) is 0 Å². The van der Waals surface area contributed by atoms with Crippen molar-refractivity contribution in [2.45, 2.75) is 44.3 Å². The van der Waals surface area contributed by atoms with Gasteiger partial charge in [-0.05, 0) is 55.8 Å². The molecule has 3 aliphatic rings. The molecule has 3 aromatic rings. The van der Waals surface area contributed by atoms with Gasteiger partial charge in [-0.3, -0.25) is 9.59 Å². The Labute approximate surface area is 204 Å². The van der Waals surface area contributed by atoms with Crippen LogP contribution in [0.4, 0.5) is 5.69 Å². The fraction of sp³-hybridized carbons (Fsp3) is 0.345. The van der Waals surface area contributed by atoms with Gasteiger partial charge in [0.25, 0.3) is 0 Å². The predicted molar refractivity (Wildman–Crippen MR) is 131 cm³/mol. The lowest BCUT2D eigenvalue weighted by Gasteiger charge is -2.31. The maximum absolute atomic E-state index is 13.9. The van der Waals surface area contributed by atoms with Gasteiger partial charge >= 0.3 is 0 Å². The molecule has 4 unspecified atom stereocenters. The molecule has 3 saturated heterocycles. The van der Waals surface area contributed by atoms with Gasteiger partial charge in [0.1, 0.15) is 11.8 Å². The van der Waals surface area contributed by atoms with Gasteiger partial charge in [0.15, 0.2) is 0 Å². The van der Waals surface area contributed by atoms with E-state index in [1.165, 1.54) is 4.90 Å². The summed E-state index contributed by atoms with van der Waals surface area (Å²) in [6.07, 6.45) is 1.94. The van der Waals surface area contributed by atoms with Crippen LogP contribution in [-0.2, 0) is 14.3 Å². The number of nitriles is 1. The van der Waals surface area contributed by atoms with Crippen LogP contribution in [0.1, 0.15) is 37.3 Å². The maximum Gasteiger partial charge on any atom is 0.240 e. The van der Waals surface area contributed by atoms with Crippen molar-refractivity contribution < 1.29 is 19.1 Å². The number of benzene rings is 3. The van der Waals surface area contributed by atoms with Crippen LogP contribution in [0.3, 0.4) is 0 Å². The van der Waals surface area contributed by atoms with Gasteiger partial charge in [0.2, 0.25) is 11.8 Å². The topological polar surface area (TPSA) is 79.6 Å². The zero-order valence-corrected chi connectivity index (χ0v) is 19.8. The molecule has 0 N–H and O–H groups in total. The Bertz CT molecular complexity index is 1430. The summed E-state index contributed by atoms with van der Waals surface area (Å²) in [4.78, 5) is 28.9. The zero-order chi connectivity index (χ0) is 24.4. The van der Waals surface area contributed by atoms with E-state index in [9.17, 15) is 14.9 Å². The number of imide groups is 1. The molecule has 3 heterocycles. The summed E-state index contributed by atoms with van der Waals surface area (Å²) in [5, 5.41) is 11.6. The number of fused-ring (bicyclic) bond motifs is 6. The van der Waals surface area contributed by atoms with Crippen LogP contribution in [0.25, 0.3) is 10.8 Å². The summed E-state index contributed by atoms with van der Waals surface area (Å²) in [7, 11) is 0. The fourth-order valence-corrected chi connectivity index (χ4v) is 6.46. The highest BCUT2D eigenvalue weighted by atomic mass is 16.5. The van der Waals surface area contributed by atoms with E-state index < -0.39 is 23.0 Å². The normalized spacial score (nSPS) is 29.0. The molecule has 3 fully saturated rings. The van der Waals surface area contributed by atoms with Crippen LogP contribution in [-0.4, -0.2) is 29.6 Å². The number of hydrogen-bond acceptors (Lipinski definition) is 5. The van der Waals surface area contributed by atoms with E-state index in [1.54, 1.807) is 6.07 Å². The highest BCUT2D eigenvalue weighted by Gasteiger charge is 2.74. The first kappa shape index (κ1) is 21.8. The minimum absolute atomic E-state index is 0.268. The van der Waals surface area contributed by atoms with Crippen molar-refractivity contribution in [3.05, 3.63) is 71.8 Å². The lowest BCUT2D eigenvalue weighted by atomic mass is 9.67. The van der Waals surface area contributed by atoms with Crippen LogP contribution in [0.15, 0.2) is 60.7 Å². The third-order valence-corrected chi connectivity index (χ3v) is 8.06. The summed E-state index contributed by atoms with van der Waals surface area (Å²) < 4.78 is 12.5. The highest BCUT2D eigenvalue weighted by molar-refractivity contribution is 6.24. The SMILES string of the molecule is Cc1cccc(OCCC23CCC(C)(O2)C2C(=O)N(c4ccc5ccccc5c4C#N)C(=O)C23)c1. The van der Waals surface area contributed by atoms with Crippen molar-refractivity contribution in [1.82, 2.24) is 0 Å². The van der Waals surface area contributed by atoms with Crippen LogP contribution >= 0.6 is 0 Å². The van der Waals surface area contributed by atoms with E-state index in [2.05, 4.69) is 6.07 Å². The van der Waals surface area contributed by atoms with Crippen LogP contribution in [0, 0.1) is 30.1 Å². The molecule has 6 nitrogen and oxygen atoms in total. The number of nitrogens with zero attached hydrogens (tertiary/aromatic N) is 2. The predicted octanol–water partition coefficient (Wildman–Crippen LogP) is 4.92. The second-order valence-electron chi connectivity index (χ2n) is 10.2. The quantitative estimate of drug-likeness (QED) is 0.499. The number of anilines is 1. The van der Waals surface area contributed by atoms with E-state index in [0.717, 1.165) is 22.1 Å². The Morgan fingerprint density at radius 1 is 1.06 bits per heavy atom. The Balaban J connectivity index is 1.34. The third kappa shape index (κ3) is 3.11. The van der Waals surface area contributed by atoms with Crippen molar-refractivity contribution >= 4 is 28.3 Å². The summed E-state index contributed by atoms with van der Waals surface area (Å²) >= 11 is 0. The molecule has 6 rings (SSSR count). The molecular weight excluding hydrogens is 440 g/mol. The average Bonchev–Trinajstić information content (AvgIpc) is 3.43. The molecule has 4 atom stereocenters. The molecule has 3 aliphatic heterocycles. The summed E-state index contributed by atoms with van der Waals surface area (Å²) in [6.45, 7) is 4.35. The fourth-order valence-electron chi connectivity index (χ4n) is 6.46. The number of rotatable bonds is 5. The molecular formula is C29H26N2O4. The van der Waals surface area contributed by atoms with Crippen LogP contribution in [0.5, 0.6) is 5.75 Å². The summed E-state index contributed by atoms with van der Waals surface area (Å²) in [5.74, 6) is -0.892. The van der Waals surface area contributed by atoms with Crippen molar-refractivity contribution in [2.75, 3.05) is 11.5 Å². The Kier molecular flexibility index (Phi) is 4.77. The van der Waals surface area contributed by atoms with E-state index in [4.69, 9.17) is 9.47 Å². The number of hydrogen-bond donors (Lipinski definition) is 0. The summed E-state index contributed by atoms with van der Waals surface area (Å²) in [6, 6.07) is 21.2. The standard InChI is InChI=1S/C29H26N2O4/c1-18-6-5-8-20(16-18)34-15-14-29-13-12-28(2,35-29)24-25(29)27(33)31(26(24)32)23-11-10-19-7-3-4-9-21(19)22(23)17-30/h3-11,16,24-25H,12-15H2,1-2H3. The molecule has 0 radical (unpaired) electrons. The van der Waals surface area contributed by atoms with Gasteiger partial charge in [-0.2, -0.15) is 5.26 Å². The highest BCUT2D eigenvalue weighted by Crippen LogP contribution is 2.62. The van der Waals surface area contributed by atoms with E-state index in [0.29, 0.717) is 37.1 Å². The minimum atomic E-state index is -0.742. The largest absolute Gasteiger partial charge is 0.493 e. The van der Waals surface area contributed by atoms with Crippen molar-refractivity contribution in [3.8, 4) is 11.8 Å². The molecule has 0 saturated carbocycles. The van der Waals surface area contributed by atoms with Gasteiger partial charge in [0, 0.05) is 11.8 Å². The Morgan fingerprint density at radius 3 is 2.66 bits per heavy atom. The minimum Gasteiger partial charge on any atom is -0.493 e. The van der Waals surface area contributed by atoms with Gasteiger partial charge in [-0.1, -0.05) is 42.5 Å². The molecule has 2 amide bonds. The second-order valence-corrected chi connectivity index (χ2v) is 10.2. The first-order valence-electron chi connectivity index (χ1n) is 12.1. The number of carbonyl (C=O) groups is 2. The van der Waals surface area contributed by atoms with Gasteiger partial charge in [-0.25, -0.2) is 4.90 Å². The molecule has 0 aromatic heterocycles. The van der Waals surface area contributed by atoms with E-state index >= 15 is 0 Å². The van der Waals surface area contributed by atoms with Crippen LogP contribution < -0.4 is 9.64 Å². The summed E-state index contributed by atoms with van der Waals surface area (Å²) in [5.41, 5.74) is 0.389. The Morgan fingerprint density at radius 2 is 1.86 bits per heavy atom. The first-order valence-corrected chi connectivity index (χ1v) is 12.1. The number of carbonyl (C=O) groups excluding carboxylic acids is 2. The number of amides is 2. The van der Waals surface area contributed by atoms with Crippen molar-refractivity contribution in [3.63, 3.8) is 0 Å². The van der Waals surface area contributed by atoms with Gasteiger partial charge < -0.3 is 9.47 Å². The lowest BCUT2D eigenvalue weighted by molar-refractivity contribution is -0.131. The maximum atomic E-state index is 13.9. The first-order chi connectivity index (χ1) is 16.9. The number of aryl methyl sites for hydroxylation is 1. The van der Waals surface area contributed by atoms with Crippen molar-refractivity contribution in [2.24, 2.45) is 11.8 Å². The monoisotopic (exact) mass is 466 g/mol. The molecule has 2 bridgehead atoms. The van der Waals surface area contributed by atoms with E-state index in [1.807, 2.05) is 68.4 Å². The zero-order valence-electron chi connectivity index (χ0n) is 19.8. The van der Waals surface area contributed by atoms with E-state index in [-0.39, 0.29) is 11.8 Å². The molecule has 6 heteroatoms. The molecule has 176 valence electrons. The average molecular weight is 467 g/mol. The lowest BCUT2D eigenvalue weighted by Crippen LogP contribution is -2.43. The smallest absolute Gasteiger partial charge is 0.240 e. The molecule has 0 spiro atoms. The molecule has 35 heavy (non-hydrogen) atoms. The molecule has 3 aromatic carbocycles. The molecule has 0 aliphatic carbocycles. The second kappa shape index (κ2) is 7.66. The Hall–Kier alpha value is -3.69. The van der Waals surface area contributed by atoms with Gasteiger partial charge in [0.05, 0.1) is 40.9 Å².